The fourth-order valence-corrected chi connectivity index (χ4v) is 4.05. The van der Waals surface area contributed by atoms with E-state index >= 15 is 0 Å². The quantitative estimate of drug-likeness (QED) is 0.821. The Hall–Kier alpha value is -0.340. The monoisotopic (exact) mass is 265 g/mol. The van der Waals surface area contributed by atoms with Crippen molar-refractivity contribution in [2.24, 2.45) is 5.92 Å². The Balaban J connectivity index is 2.02. The van der Waals surface area contributed by atoms with Crippen molar-refractivity contribution in [3.63, 3.8) is 0 Å². The summed E-state index contributed by atoms with van der Waals surface area (Å²) >= 11 is 1.94. The summed E-state index contributed by atoms with van der Waals surface area (Å²) in [5, 5.41) is 5.95. The number of hydrogen-bond donors (Lipinski definition) is 1. The third-order valence-corrected chi connectivity index (χ3v) is 5.17. The minimum absolute atomic E-state index is 0.222. The molecular formula is C16H27NS. The van der Waals surface area contributed by atoms with Crippen molar-refractivity contribution in [1.29, 1.82) is 0 Å². The van der Waals surface area contributed by atoms with Crippen LogP contribution in [0.4, 0.5) is 0 Å². The second-order valence-corrected chi connectivity index (χ2v) is 7.87. The average Bonchev–Trinajstić information content (AvgIpc) is 2.73. The zero-order valence-corrected chi connectivity index (χ0v) is 13.1. The molecule has 102 valence electrons. The third-order valence-electron chi connectivity index (χ3n) is 4.06. The molecule has 1 aliphatic carbocycles. The van der Waals surface area contributed by atoms with Gasteiger partial charge in [0.15, 0.2) is 0 Å². The fourth-order valence-electron chi connectivity index (χ4n) is 3.11. The number of thiophene rings is 1. The molecule has 1 aliphatic rings. The SMILES string of the molecule is CCCC1CC(CNC(C)(C)C)(c2cccs2)C1. The van der Waals surface area contributed by atoms with Gasteiger partial charge in [0, 0.05) is 22.4 Å². The zero-order valence-electron chi connectivity index (χ0n) is 12.3. The van der Waals surface area contributed by atoms with Crippen LogP contribution < -0.4 is 5.32 Å². The molecule has 0 aliphatic heterocycles. The highest BCUT2D eigenvalue weighted by Crippen LogP contribution is 2.50. The molecule has 18 heavy (non-hydrogen) atoms. The van der Waals surface area contributed by atoms with Crippen LogP contribution in [0.1, 0.15) is 58.3 Å². The largest absolute Gasteiger partial charge is 0.311 e. The van der Waals surface area contributed by atoms with Crippen LogP contribution in [-0.2, 0) is 5.41 Å². The molecule has 1 aromatic rings. The van der Waals surface area contributed by atoms with Gasteiger partial charge in [-0.05, 0) is 51.0 Å². The topological polar surface area (TPSA) is 12.0 Å². The van der Waals surface area contributed by atoms with E-state index in [1.165, 1.54) is 25.7 Å². The van der Waals surface area contributed by atoms with E-state index in [0.29, 0.717) is 5.41 Å². The van der Waals surface area contributed by atoms with Crippen LogP contribution in [0.5, 0.6) is 0 Å². The lowest BCUT2D eigenvalue weighted by atomic mass is 9.59. The summed E-state index contributed by atoms with van der Waals surface area (Å²) in [6.45, 7) is 10.2. The second kappa shape index (κ2) is 5.34. The van der Waals surface area contributed by atoms with Gasteiger partial charge >= 0.3 is 0 Å². The average molecular weight is 265 g/mol. The molecule has 2 rings (SSSR count). The summed E-state index contributed by atoms with van der Waals surface area (Å²) in [4.78, 5) is 1.59. The van der Waals surface area contributed by atoms with Crippen molar-refractivity contribution in [3.05, 3.63) is 22.4 Å². The van der Waals surface area contributed by atoms with Gasteiger partial charge in [0.25, 0.3) is 0 Å². The minimum Gasteiger partial charge on any atom is -0.311 e. The molecular weight excluding hydrogens is 238 g/mol. The molecule has 1 aromatic heterocycles. The Morgan fingerprint density at radius 2 is 2.11 bits per heavy atom. The first-order chi connectivity index (χ1) is 8.45. The molecule has 1 nitrogen and oxygen atoms in total. The van der Waals surface area contributed by atoms with Gasteiger partial charge < -0.3 is 5.32 Å². The summed E-state index contributed by atoms with van der Waals surface area (Å²) in [5.41, 5.74) is 0.654. The van der Waals surface area contributed by atoms with E-state index in [-0.39, 0.29) is 5.54 Å². The highest BCUT2D eigenvalue weighted by atomic mass is 32.1. The second-order valence-electron chi connectivity index (χ2n) is 6.92. The van der Waals surface area contributed by atoms with E-state index in [9.17, 15) is 0 Å². The Morgan fingerprint density at radius 3 is 2.61 bits per heavy atom. The van der Waals surface area contributed by atoms with Gasteiger partial charge in [-0.1, -0.05) is 25.8 Å². The molecule has 1 heterocycles. The Kier molecular flexibility index (Phi) is 4.18. The van der Waals surface area contributed by atoms with Gasteiger partial charge in [-0.25, -0.2) is 0 Å². The van der Waals surface area contributed by atoms with Crippen molar-refractivity contribution in [3.8, 4) is 0 Å². The predicted molar refractivity (Wildman–Crippen MR) is 81.4 cm³/mol. The molecule has 2 heteroatoms. The molecule has 0 bridgehead atoms. The number of nitrogens with one attached hydrogen (secondary N) is 1. The van der Waals surface area contributed by atoms with Crippen molar-refractivity contribution in [2.45, 2.75) is 64.3 Å². The summed E-state index contributed by atoms with van der Waals surface area (Å²) in [7, 11) is 0. The maximum atomic E-state index is 3.72. The van der Waals surface area contributed by atoms with E-state index in [0.717, 1.165) is 12.5 Å². The number of rotatable bonds is 5. The standard InChI is InChI=1S/C16H27NS/c1-5-7-13-10-16(11-13,12-17-15(2,3)4)14-8-6-9-18-14/h6,8-9,13,17H,5,7,10-12H2,1-4H3. The van der Waals surface area contributed by atoms with Crippen LogP contribution in [0.2, 0.25) is 0 Å². The van der Waals surface area contributed by atoms with Gasteiger partial charge in [0.1, 0.15) is 0 Å². The van der Waals surface area contributed by atoms with E-state index in [1.54, 1.807) is 4.88 Å². The maximum Gasteiger partial charge on any atom is 0.0177 e. The molecule has 0 atom stereocenters. The first-order valence-corrected chi connectivity index (χ1v) is 8.12. The van der Waals surface area contributed by atoms with Crippen LogP contribution in [0, 0.1) is 5.92 Å². The summed E-state index contributed by atoms with van der Waals surface area (Å²) in [5.74, 6) is 0.957. The van der Waals surface area contributed by atoms with Gasteiger partial charge in [0.2, 0.25) is 0 Å². The van der Waals surface area contributed by atoms with Crippen molar-refractivity contribution in [1.82, 2.24) is 5.32 Å². The van der Waals surface area contributed by atoms with Crippen molar-refractivity contribution < 1.29 is 0 Å². The van der Waals surface area contributed by atoms with E-state index in [4.69, 9.17) is 0 Å². The molecule has 0 radical (unpaired) electrons. The molecule has 0 amide bonds. The lowest BCUT2D eigenvalue weighted by Crippen LogP contribution is -2.52. The lowest BCUT2D eigenvalue weighted by molar-refractivity contribution is 0.123. The molecule has 0 unspecified atom stereocenters. The minimum atomic E-state index is 0.222. The normalized spacial score (nSPS) is 28.1. The Bertz CT molecular complexity index is 355. The van der Waals surface area contributed by atoms with E-state index in [1.807, 2.05) is 11.3 Å². The van der Waals surface area contributed by atoms with Gasteiger partial charge in [-0.15, -0.1) is 11.3 Å². The highest BCUT2D eigenvalue weighted by Gasteiger charge is 2.45. The smallest absolute Gasteiger partial charge is 0.0177 e. The zero-order chi connectivity index (χ0) is 13.2. The van der Waals surface area contributed by atoms with Crippen LogP contribution >= 0.6 is 11.3 Å². The first kappa shape index (κ1) is 14.1. The van der Waals surface area contributed by atoms with E-state index in [2.05, 4.69) is 50.5 Å². The van der Waals surface area contributed by atoms with Crippen molar-refractivity contribution in [2.75, 3.05) is 6.54 Å². The summed E-state index contributed by atoms with van der Waals surface area (Å²) < 4.78 is 0. The first-order valence-electron chi connectivity index (χ1n) is 7.24. The molecule has 1 saturated carbocycles. The lowest BCUT2D eigenvalue weighted by Gasteiger charge is -2.49. The fraction of sp³-hybridized carbons (Fsp3) is 0.750. The molecule has 0 spiro atoms. The van der Waals surface area contributed by atoms with Crippen LogP contribution in [-0.4, -0.2) is 12.1 Å². The summed E-state index contributed by atoms with van der Waals surface area (Å²) in [6.07, 6.45) is 5.50. The van der Waals surface area contributed by atoms with Crippen molar-refractivity contribution >= 4 is 11.3 Å². The Labute approximate surface area is 116 Å². The summed E-state index contributed by atoms with van der Waals surface area (Å²) in [6, 6.07) is 4.53. The van der Waals surface area contributed by atoms with Crippen LogP contribution in [0.15, 0.2) is 17.5 Å². The van der Waals surface area contributed by atoms with Gasteiger partial charge in [0.05, 0.1) is 0 Å². The third kappa shape index (κ3) is 3.16. The van der Waals surface area contributed by atoms with Crippen LogP contribution in [0.25, 0.3) is 0 Å². The predicted octanol–water partition coefficient (Wildman–Crippen LogP) is 4.58. The van der Waals surface area contributed by atoms with Gasteiger partial charge in [-0.2, -0.15) is 0 Å². The van der Waals surface area contributed by atoms with Gasteiger partial charge in [-0.3, -0.25) is 0 Å². The molecule has 0 saturated heterocycles. The maximum absolute atomic E-state index is 3.72. The Morgan fingerprint density at radius 1 is 1.39 bits per heavy atom. The molecule has 1 fully saturated rings. The van der Waals surface area contributed by atoms with E-state index < -0.39 is 0 Å². The highest BCUT2D eigenvalue weighted by molar-refractivity contribution is 7.10. The molecule has 0 aromatic carbocycles. The van der Waals surface area contributed by atoms with Crippen LogP contribution in [0.3, 0.4) is 0 Å². The number of hydrogen-bond acceptors (Lipinski definition) is 2. The molecule has 1 N–H and O–H groups in total.